The topological polar surface area (TPSA) is 98.9 Å². The Labute approximate surface area is 206 Å². The molecular weight excluding hydrogens is 466 g/mol. The number of ketones is 1. The van der Waals surface area contributed by atoms with Crippen molar-refractivity contribution in [2.24, 2.45) is 0 Å². The number of thiophene rings is 1. The molecule has 178 valence electrons. The van der Waals surface area contributed by atoms with Gasteiger partial charge in [-0.05, 0) is 43.5 Å². The average Bonchev–Trinajstić information content (AvgIpc) is 3.51. The van der Waals surface area contributed by atoms with Crippen LogP contribution in [-0.2, 0) is 6.61 Å². The number of aromatic carboxylic acids is 1. The van der Waals surface area contributed by atoms with Gasteiger partial charge in [-0.25, -0.2) is 4.79 Å². The highest BCUT2D eigenvalue weighted by atomic mass is 32.1. The van der Waals surface area contributed by atoms with E-state index < -0.39 is 5.97 Å². The van der Waals surface area contributed by atoms with Crippen molar-refractivity contribution in [1.82, 2.24) is 5.16 Å². The number of aromatic nitrogens is 1. The number of carbonyl (C=O) groups is 2. The summed E-state index contributed by atoms with van der Waals surface area (Å²) >= 11 is 1.54. The number of rotatable bonds is 9. The highest BCUT2D eigenvalue weighted by Crippen LogP contribution is 2.41. The third kappa shape index (κ3) is 4.88. The Hall–Kier alpha value is -4.17. The standard InChI is InChI=1S/C27H23NO6S/c1-15(26(29)18-7-9-19(10-8-18)27(30)31)20-12-21(25-6-5-11-35-25)23(32-4)13-24(20)33-14-22-16(2)28-34-17(22)3/h5-13H,1,14H2,2-4H3,(H,30,31). The van der Waals surface area contributed by atoms with Crippen molar-refractivity contribution >= 4 is 28.7 Å². The van der Waals surface area contributed by atoms with E-state index in [1.807, 2.05) is 37.4 Å². The number of ether oxygens (including phenoxy) is 2. The first-order chi connectivity index (χ1) is 16.8. The summed E-state index contributed by atoms with van der Waals surface area (Å²) < 4.78 is 17.0. The number of carboxylic acid groups (broad SMARTS) is 1. The zero-order chi connectivity index (χ0) is 25.1. The van der Waals surface area contributed by atoms with E-state index in [9.17, 15) is 9.59 Å². The van der Waals surface area contributed by atoms with E-state index in [4.69, 9.17) is 19.1 Å². The van der Waals surface area contributed by atoms with E-state index in [0.717, 1.165) is 21.7 Å². The molecule has 0 spiro atoms. The van der Waals surface area contributed by atoms with Crippen LogP contribution >= 0.6 is 11.3 Å². The Bertz CT molecular complexity index is 1380. The second-order valence-electron chi connectivity index (χ2n) is 7.81. The number of aryl methyl sites for hydroxylation is 2. The van der Waals surface area contributed by atoms with Gasteiger partial charge in [-0.15, -0.1) is 11.3 Å². The number of allylic oxidation sites excluding steroid dienone is 1. The van der Waals surface area contributed by atoms with Crippen molar-refractivity contribution in [3.8, 4) is 21.9 Å². The van der Waals surface area contributed by atoms with Gasteiger partial charge < -0.3 is 19.1 Å². The van der Waals surface area contributed by atoms with Crippen LogP contribution in [0.3, 0.4) is 0 Å². The Morgan fingerprint density at radius 3 is 2.37 bits per heavy atom. The number of Topliss-reactive ketones (excluding diaryl/α,β-unsaturated/α-hetero) is 1. The molecule has 0 radical (unpaired) electrons. The van der Waals surface area contributed by atoms with Crippen LogP contribution in [0.15, 0.2) is 65.0 Å². The van der Waals surface area contributed by atoms with Crippen LogP contribution in [0.4, 0.5) is 0 Å². The summed E-state index contributed by atoms with van der Waals surface area (Å²) in [7, 11) is 1.58. The Balaban J connectivity index is 1.75. The molecule has 0 bridgehead atoms. The van der Waals surface area contributed by atoms with Gasteiger partial charge in [0.2, 0.25) is 0 Å². The Kier molecular flexibility index (Phi) is 6.84. The summed E-state index contributed by atoms with van der Waals surface area (Å²) in [4.78, 5) is 25.4. The van der Waals surface area contributed by atoms with Crippen molar-refractivity contribution in [2.45, 2.75) is 20.5 Å². The van der Waals surface area contributed by atoms with Gasteiger partial charge >= 0.3 is 5.97 Å². The first kappa shape index (κ1) is 24.0. The third-order valence-corrected chi connectivity index (χ3v) is 6.54. The molecule has 8 heteroatoms. The van der Waals surface area contributed by atoms with Crippen LogP contribution in [0.5, 0.6) is 11.5 Å². The minimum absolute atomic E-state index is 0.0973. The van der Waals surface area contributed by atoms with Crippen molar-refractivity contribution in [1.29, 1.82) is 0 Å². The van der Waals surface area contributed by atoms with Gasteiger partial charge in [0, 0.05) is 33.2 Å². The molecule has 0 saturated carbocycles. The van der Waals surface area contributed by atoms with Gasteiger partial charge in [0.25, 0.3) is 0 Å². The smallest absolute Gasteiger partial charge is 0.335 e. The van der Waals surface area contributed by atoms with E-state index in [0.29, 0.717) is 28.4 Å². The summed E-state index contributed by atoms with van der Waals surface area (Å²) in [5, 5.41) is 15.1. The summed E-state index contributed by atoms with van der Waals surface area (Å²) in [6.45, 7) is 7.89. The largest absolute Gasteiger partial charge is 0.496 e. The summed E-state index contributed by atoms with van der Waals surface area (Å²) in [5.41, 5.74) is 3.48. The lowest BCUT2D eigenvalue weighted by Crippen LogP contribution is -2.07. The molecule has 0 amide bonds. The molecule has 4 rings (SSSR count). The highest BCUT2D eigenvalue weighted by Gasteiger charge is 2.22. The summed E-state index contributed by atoms with van der Waals surface area (Å²) in [6, 6.07) is 13.2. The fourth-order valence-corrected chi connectivity index (χ4v) is 4.38. The maximum atomic E-state index is 13.3. The Morgan fingerprint density at radius 1 is 1.09 bits per heavy atom. The average molecular weight is 490 g/mol. The van der Waals surface area contributed by atoms with E-state index in [2.05, 4.69) is 11.7 Å². The van der Waals surface area contributed by atoms with Crippen LogP contribution in [0.2, 0.25) is 0 Å². The van der Waals surface area contributed by atoms with Crippen LogP contribution in [0, 0.1) is 13.8 Å². The summed E-state index contributed by atoms with van der Waals surface area (Å²) in [6.07, 6.45) is 0. The second kappa shape index (κ2) is 9.99. The van der Waals surface area contributed by atoms with E-state index in [-0.39, 0.29) is 23.5 Å². The first-order valence-electron chi connectivity index (χ1n) is 10.7. The summed E-state index contributed by atoms with van der Waals surface area (Å²) in [5.74, 6) is 0.262. The van der Waals surface area contributed by atoms with Crippen molar-refractivity contribution in [3.63, 3.8) is 0 Å². The van der Waals surface area contributed by atoms with Gasteiger partial charge in [-0.1, -0.05) is 29.9 Å². The number of methoxy groups -OCH3 is 1. The Morgan fingerprint density at radius 2 is 1.80 bits per heavy atom. The normalized spacial score (nSPS) is 10.7. The van der Waals surface area contributed by atoms with Crippen LogP contribution in [-0.4, -0.2) is 29.1 Å². The number of carboxylic acids is 1. The quantitative estimate of drug-likeness (QED) is 0.221. The molecule has 0 atom stereocenters. The molecule has 1 N–H and O–H groups in total. The molecule has 35 heavy (non-hydrogen) atoms. The maximum Gasteiger partial charge on any atom is 0.335 e. The first-order valence-corrected chi connectivity index (χ1v) is 11.6. The minimum Gasteiger partial charge on any atom is -0.496 e. The number of benzene rings is 2. The molecular formula is C27H23NO6S. The van der Waals surface area contributed by atoms with E-state index >= 15 is 0 Å². The molecule has 0 fully saturated rings. The zero-order valence-electron chi connectivity index (χ0n) is 19.5. The molecule has 4 aromatic rings. The molecule has 2 aromatic carbocycles. The third-order valence-electron chi connectivity index (χ3n) is 5.63. The van der Waals surface area contributed by atoms with Gasteiger partial charge in [-0.3, -0.25) is 4.79 Å². The van der Waals surface area contributed by atoms with Crippen LogP contribution in [0.1, 0.15) is 43.3 Å². The van der Waals surface area contributed by atoms with Gasteiger partial charge in [0.1, 0.15) is 23.9 Å². The SMILES string of the molecule is C=C(C(=O)c1ccc(C(=O)O)cc1)c1cc(-c2cccs2)c(OC)cc1OCc1c(C)noc1C. The minimum atomic E-state index is -1.06. The van der Waals surface area contributed by atoms with E-state index in [1.165, 1.54) is 24.3 Å². The van der Waals surface area contributed by atoms with Crippen molar-refractivity contribution in [3.05, 3.63) is 94.2 Å². The van der Waals surface area contributed by atoms with Crippen LogP contribution in [0.25, 0.3) is 16.0 Å². The lowest BCUT2D eigenvalue weighted by molar-refractivity contribution is 0.0696. The molecule has 0 saturated heterocycles. The number of hydrogen-bond donors (Lipinski definition) is 1. The molecule has 2 heterocycles. The maximum absolute atomic E-state index is 13.3. The fourth-order valence-electron chi connectivity index (χ4n) is 3.63. The van der Waals surface area contributed by atoms with Crippen molar-refractivity contribution in [2.75, 3.05) is 7.11 Å². The fraction of sp³-hybridized carbons (Fsp3) is 0.148. The van der Waals surface area contributed by atoms with Gasteiger partial charge in [0.15, 0.2) is 5.78 Å². The molecule has 0 unspecified atom stereocenters. The number of carbonyl (C=O) groups excluding carboxylic acids is 1. The van der Waals surface area contributed by atoms with Gasteiger partial charge in [0.05, 0.1) is 23.9 Å². The zero-order valence-corrected chi connectivity index (χ0v) is 20.3. The predicted molar refractivity (Wildman–Crippen MR) is 133 cm³/mol. The highest BCUT2D eigenvalue weighted by molar-refractivity contribution is 7.13. The van der Waals surface area contributed by atoms with E-state index in [1.54, 1.807) is 24.5 Å². The molecule has 0 aliphatic rings. The molecule has 0 aliphatic heterocycles. The van der Waals surface area contributed by atoms with Gasteiger partial charge in [-0.2, -0.15) is 0 Å². The number of hydrogen-bond acceptors (Lipinski definition) is 7. The van der Waals surface area contributed by atoms with Crippen molar-refractivity contribution < 1.29 is 28.7 Å². The molecule has 7 nitrogen and oxygen atoms in total. The molecule has 0 aliphatic carbocycles. The number of nitrogens with zero attached hydrogens (tertiary/aromatic N) is 1. The second-order valence-corrected chi connectivity index (χ2v) is 8.76. The predicted octanol–water partition coefficient (Wildman–Crippen LogP) is 6.20. The molecule has 2 aromatic heterocycles. The lowest BCUT2D eigenvalue weighted by atomic mass is 9.94. The lowest BCUT2D eigenvalue weighted by Gasteiger charge is -2.17. The monoisotopic (exact) mass is 489 g/mol. The van der Waals surface area contributed by atoms with Crippen LogP contribution < -0.4 is 9.47 Å².